The van der Waals surface area contributed by atoms with Gasteiger partial charge in [0.2, 0.25) is 0 Å². The van der Waals surface area contributed by atoms with Crippen LogP contribution in [0.3, 0.4) is 0 Å². The fourth-order valence-electron chi connectivity index (χ4n) is 1.19. The minimum atomic E-state index is -3.45. The molecule has 3 nitrogen and oxygen atoms in total. The van der Waals surface area contributed by atoms with E-state index in [1.807, 2.05) is 6.26 Å². The van der Waals surface area contributed by atoms with Crippen molar-refractivity contribution >= 4 is 20.7 Å². The Labute approximate surface area is 100 Å². The van der Waals surface area contributed by atoms with Gasteiger partial charge in [-0.3, -0.25) is 0 Å². The van der Waals surface area contributed by atoms with Gasteiger partial charge in [0.05, 0.1) is 4.90 Å². The molecule has 0 fully saturated rings. The third kappa shape index (κ3) is 4.06. The van der Waals surface area contributed by atoms with Crippen LogP contribution in [0.1, 0.15) is 19.8 Å². The lowest BCUT2D eigenvalue weighted by atomic mass is 10.4. The van der Waals surface area contributed by atoms with E-state index in [4.69, 9.17) is 0 Å². The van der Waals surface area contributed by atoms with Crippen molar-refractivity contribution in [3.63, 3.8) is 0 Å². The molecule has 1 unspecified atom stereocenters. The van der Waals surface area contributed by atoms with E-state index in [1.165, 1.54) is 0 Å². The Hall–Kier alpha value is -0.680. The van der Waals surface area contributed by atoms with Crippen molar-refractivity contribution in [3.8, 4) is 0 Å². The van der Waals surface area contributed by atoms with Gasteiger partial charge >= 0.3 is 0 Å². The molecule has 0 saturated carbocycles. The van der Waals surface area contributed by atoms with Crippen molar-refractivity contribution in [2.75, 3.05) is 12.0 Å². The SMILES string of the molecule is CCCC/S(C)=N/S(=O)(=O)c1ccccc1. The Balaban J connectivity index is 2.88. The van der Waals surface area contributed by atoms with Crippen LogP contribution >= 0.6 is 0 Å². The second-order valence-electron chi connectivity index (χ2n) is 3.52. The molecule has 0 aliphatic heterocycles. The third-order valence-corrected chi connectivity index (χ3v) is 5.61. The fraction of sp³-hybridized carbons (Fsp3) is 0.455. The van der Waals surface area contributed by atoms with Gasteiger partial charge < -0.3 is 0 Å². The van der Waals surface area contributed by atoms with Crippen molar-refractivity contribution in [1.82, 2.24) is 0 Å². The first-order chi connectivity index (χ1) is 7.56. The molecule has 0 amide bonds. The van der Waals surface area contributed by atoms with E-state index >= 15 is 0 Å². The molecular formula is C11H17NO2S2. The summed E-state index contributed by atoms with van der Waals surface area (Å²) >= 11 is 0. The molecule has 0 radical (unpaired) electrons. The van der Waals surface area contributed by atoms with Crippen LogP contribution in [-0.4, -0.2) is 20.4 Å². The average molecular weight is 259 g/mol. The Morgan fingerprint density at radius 3 is 2.44 bits per heavy atom. The van der Waals surface area contributed by atoms with E-state index in [2.05, 4.69) is 10.7 Å². The number of hydrogen-bond donors (Lipinski definition) is 0. The maximum atomic E-state index is 11.8. The molecule has 1 aromatic carbocycles. The van der Waals surface area contributed by atoms with Gasteiger partial charge in [-0.2, -0.15) is 8.42 Å². The molecular weight excluding hydrogens is 242 g/mol. The zero-order chi connectivity index (χ0) is 12.0. The summed E-state index contributed by atoms with van der Waals surface area (Å²) in [6.07, 6.45) is 3.96. The van der Waals surface area contributed by atoms with E-state index in [0.29, 0.717) is 0 Å². The molecule has 90 valence electrons. The summed E-state index contributed by atoms with van der Waals surface area (Å²) in [5.74, 6) is 0.850. The van der Waals surface area contributed by atoms with Gasteiger partial charge in [0.1, 0.15) is 0 Å². The Morgan fingerprint density at radius 2 is 1.88 bits per heavy atom. The largest absolute Gasteiger partial charge is 0.287 e. The van der Waals surface area contributed by atoms with Gasteiger partial charge in [-0.1, -0.05) is 42.2 Å². The monoisotopic (exact) mass is 259 g/mol. The first kappa shape index (κ1) is 13.4. The van der Waals surface area contributed by atoms with Gasteiger partial charge in [0.15, 0.2) is 0 Å². The predicted octanol–water partition coefficient (Wildman–Crippen LogP) is 2.61. The van der Waals surface area contributed by atoms with Gasteiger partial charge in [-0.25, -0.2) is 0 Å². The van der Waals surface area contributed by atoms with Crippen molar-refractivity contribution in [3.05, 3.63) is 30.3 Å². The van der Waals surface area contributed by atoms with Crippen LogP contribution in [0.5, 0.6) is 0 Å². The minimum absolute atomic E-state index is 0.283. The van der Waals surface area contributed by atoms with Gasteiger partial charge in [0.25, 0.3) is 10.0 Å². The summed E-state index contributed by atoms with van der Waals surface area (Å²) in [6, 6.07) is 8.37. The van der Waals surface area contributed by atoms with Crippen LogP contribution < -0.4 is 0 Å². The zero-order valence-electron chi connectivity index (χ0n) is 9.59. The summed E-state index contributed by atoms with van der Waals surface area (Å²) in [7, 11) is -3.86. The lowest BCUT2D eigenvalue weighted by Crippen LogP contribution is -2.01. The zero-order valence-corrected chi connectivity index (χ0v) is 11.2. The lowest BCUT2D eigenvalue weighted by Gasteiger charge is -2.02. The summed E-state index contributed by atoms with van der Waals surface area (Å²) in [5, 5.41) is 0. The number of hydrogen-bond acceptors (Lipinski definition) is 2. The number of unbranched alkanes of at least 4 members (excludes halogenated alkanes) is 1. The highest BCUT2D eigenvalue weighted by molar-refractivity contribution is 7.99. The maximum Gasteiger partial charge on any atom is 0.287 e. The van der Waals surface area contributed by atoms with E-state index in [-0.39, 0.29) is 4.90 Å². The molecule has 0 heterocycles. The van der Waals surface area contributed by atoms with E-state index in [1.54, 1.807) is 30.3 Å². The molecule has 0 aliphatic carbocycles. The Bertz CT molecular complexity index is 452. The quantitative estimate of drug-likeness (QED) is 0.816. The highest BCUT2D eigenvalue weighted by Gasteiger charge is 2.11. The van der Waals surface area contributed by atoms with Crippen molar-refractivity contribution in [1.29, 1.82) is 0 Å². The van der Waals surface area contributed by atoms with Gasteiger partial charge in [-0.05, 0) is 24.8 Å². The molecule has 1 atom stereocenters. The highest BCUT2D eigenvalue weighted by Crippen LogP contribution is 2.12. The summed E-state index contributed by atoms with van der Waals surface area (Å²) < 4.78 is 27.6. The molecule has 5 heteroatoms. The molecule has 0 bridgehead atoms. The number of rotatable bonds is 5. The van der Waals surface area contributed by atoms with Crippen molar-refractivity contribution in [2.45, 2.75) is 24.7 Å². The number of nitrogens with zero attached hydrogens (tertiary/aromatic N) is 1. The second kappa shape index (κ2) is 6.15. The summed E-state index contributed by atoms with van der Waals surface area (Å²) in [6.45, 7) is 2.09. The van der Waals surface area contributed by atoms with Crippen LogP contribution in [0, 0.1) is 0 Å². The van der Waals surface area contributed by atoms with Crippen LogP contribution in [0.15, 0.2) is 39.0 Å². The third-order valence-electron chi connectivity index (χ3n) is 2.06. The van der Waals surface area contributed by atoms with E-state index < -0.39 is 20.7 Å². The molecule has 0 spiro atoms. The summed E-state index contributed by atoms with van der Waals surface area (Å²) in [5.41, 5.74) is 0. The van der Waals surface area contributed by atoms with E-state index in [9.17, 15) is 8.42 Å². The molecule has 0 N–H and O–H groups in total. The van der Waals surface area contributed by atoms with Crippen molar-refractivity contribution < 1.29 is 8.42 Å². The fourth-order valence-corrected chi connectivity index (χ4v) is 4.38. The Morgan fingerprint density at radius 1 is 1.25 bits per heavy atom. The molecule has 1 rings (SSSR count). The highest BCUT2D eigenvalue weighted by atomic mass is 32.3. The lowest BCUT2D eigenvalue weighted by molar-refractivity contribution is 0.598. The molecule has 0 aliphatic rings. The van der Waals surface area contributed by atoms with Gasteiger partial charge in [-0.15, -0.1) is 3.77 Å². The maximum absolute atomic E-state index is 11.8. The molecule has 1 aromatic rings. The Kier molecular flexibility index (Phi) is 5.15. The number of benzene rings is 1. The average Bonchev–Trinajstić information content (AvgIpc) is 2.27. The van der Waals surface area contributed by atoms with Crippen LogP contribution in [0.25, 0.3) is 0 Å². The standard InChI is InChI=1S/C11H17NO2S2/c1-3-4-10-15(2)12-16(13,14)11-8-6-5-7-9-11/h5-9H,3-4,10H2,1-2H3. The first-order valence-corrected chi connectivity index (χ1v) is 8.42. The van der Waals surface area contributed by atoms with Crippen LogP contribution in [0.2, 0.25) is 0 Å². The topological polar surface area (TPSA) is 46.5 Å². The molecule has 16 heavy (non-hydrogen) atoms. The second-order valence-corrected chi connectivity index (χ2v) is 7.15. The summed E-state index contributed by atoms with van der Waals surface area (Å²) in [4.78, 5) is 0.283. The van der Waals surface area contributed by atoms with Crippen molar-refractivity contribution in [2.24, 2.45) is 3.77 Å². The smallest absolute Gasteiger partial charge is 0.199 e. The predicted molar refractivity (Wildman–Crippen MR) is 69.1 cm³/mol. The van der Waals surface area contributed by atoms with Crippen LogP contribution in [0.4, 0.5) is 0 Å². The minimum Gasteiger partial charge on any atom is -0.199 e. The normalized spacial score (nSPS) is 13.9. The number of sulfonamides is 1. The first-order valence-electron chi connectivity index (χ1n) is 5.22. The van der Waals surface area contributed by atoms with Crippen LogP contribution in [-0.2, 0) is 20.7 Å². The molecule has 0 saturated heterocycles. The molecule has 0 aromatic heterocycles. The van der Waals surface area contributed by atoms with Gasteiger partial charge in [0, 0.05) is 5.75 Å². The van der Waals surface area contributed by atoms with E-state index in [0.717, 1.165) is 18.6 Å².